The van der Waals surface area contributed by atoms with Gasteiger partial charge in [-0.1, -0.05) is 38.1 Å². The Hall–Kier alpha value is -2.22. The average molecular weight is 431 g/mol. The van der Waals surface area contributed by atoms with Gasteiger partial charge in [-0.05, 0) is 35.7 Å². The van der Waals surface area contributed by atoms with E-state index in [1.807, 2.05) is 0 Å². The van der Waals surface area contributed by atoms with Crippen molar-refractivity contribution in [3.63, 3.8) is 0 Å². The maximum absolute atomic E-state index is 12.6. The monoisotopic (exact) mass is 430 g/mol. The van der Waals surface area contributed by atoms with Crippen LogP contribution in [0, 0.1) is 0 Å². The third-order valence-corrected chi connectivity index (χ3v) is 7.37. The van der Waals surface area contributed by atoms with Crippen LogP contribution in [0.2, 0.25) is 0 Å². The van der Waals surface area contributed by atoms with E-state index < -0.39 is 10.0 Å². The van der Waals surface area contributed by atoms with E-state index >= 15 is 0 Å². The predicted octanol–water partition coefficient (Wildman–Crippen LogP) is 2.25. The van der Waals surface area contributed by atoms with Crippen molar-refractivity contribution in [1.82, 2.24) is 4.31 Å². The maximum Gasteiger partial charge on any atom is 0.279 e. The van der Waals surface area contributed by atoms with E-state index in [9.17, 15) is 13.2 Å². The van der Waals surface area contributed by atoms with Gasteiger partial charge < -0.3 is 10.2 Å². The van der Waals surface area contributed by atoms with Crippen LogP contribution in [-0.4, -0.2) is 45.3 Å². The number of hydrogen-bond acceptors (Lipinski definition) is 3. The maximum atomic E-state index is 12.6. The first kappa shape index (κ1) is 22.5. The summed E-state index contributed by atoms with van der Waals surface area (Å²) in [6.45, 7) is 5.60. The number of quaternary nitrogens is 1. The molecule has 30 heavy (non-hydrogen) atoms. The Kier molecular flexibility index (Phi) is 6.95. The zero-order valence-electron chi connectivity index (χ0n) is 18.2. The SMILES string of the molecule is CC(C)c1ccc(C[NH+](CC(=O)Nc2ccc(S(=O)(=O)N(C)C)cc2)C2CC2)cc1. The highest BCUT2D eigenvalue weighted by Crippen LogP contribution is 2.18. The average Bonchev–Trinajstić information content (AvgIpc) is 3.53. The second-order valence-electron chi connectivity index (χ2n) is 8.54. The van der Waals surface area contributed by atoms with Crippen LogP contribution in [0.1, 0.15) is 43.7 Å². The summed E-state index contributed by atoms with van der Waals surface area (Å²) in [6.07, 6.45) is 2.31. The number of benzene rings is 2. The molecule has 0 aliphatic heterocycles. The van der Waals surface area contributed by atoms with Crippen molar-refractivity contribution in [2.24, 2.45) is 0 Å². The zero-order chi connectivity index (χ0) is 21.9. The van der Waals surface area contributed by atoms with Gasteiger partial charge in [-0.3, -0.25) is 4.79 Å². The van der Waals surface area contributed by atoms with Crippen molar-refractivity contribution in [3.8, 4) is 0 Å². The smallest absolute Gasteiger partial charge is 0.279 e. The normalized spacial score (nSPS) is 15.4. The lowest BCUT2D eigenvalue weighted by Crippen LogP contribution is -3.13. The molecule has 1 amide bonds. The van der Waals surface area contributed by atoms with E-state index in [1.54, 1.807) is 12.1 Å². The summed E-state index contributed by atoms with van der Waals surface area (Å²) in [4.78, 5) is 14.1. The number of rotatable bonds is 9. The molecule has 0 saturated heterocycles. The second-order valence-corrected chi connectivity index (χ2v) is 10.7. The van der Waals surface area contributed by atoms with Crippen LogP contribution in [0.15, 0.2) is 53.4 Å². The van der Waals surface area contributed by atoms with Gasteiger partial charge in [0.05, 0.1) is 10.9 Å². The number of nitrogens with zero attached hydrogens (tertiary/aromatic N) is 1. The molecule has 0 radical (unpaired) electrons. The van der Waals surface area contributed by atoms with E-state index in [4.69, 9.17) is 0 Å². The fourth-order valence-electron chi connectivity index (χ4n) is 3.46. The fraction of sp³-hybridized carbons (Fsp3) is 0.435. The molecule has 0 aromatic heterocycles. The third kappa shape index (κ3) is 5.68. The Morgan fingerprint density at radius 3 is 2.17 bits per heavy atom. The number of sulfonamides is 1. The fourth-order valence-corrected chi connectivity index (χ4v) is 4.36. The standard InChI is InChI=1S/C23H31N3O3S/c1-17(2)19-7-5-18(6-8-19)15-26(21-11-12-21)16-23(27)24-20-9-13-22(14-10-20)30(28,29)25(3)4/h5-10,13-14,17,21H,11-12,15-16H2,1-4H3,(H,24,27)/p+1. The highest BCUT2D eigenvalue weighted by molar-refractivity contribution is 7.89. The molecule has 1 aliphatic rings. The number of anilines is 1. The third-order valence-electron chi connectivity index (χ3n) is 5.54. The first-order chi connectivity index (χ1) is 14.2. The van der Waals surface area contributed by atoms with Crippen LogP contribution in [0.4, 0.5) is 5.69 Å². The number of amides is 1. The lowest BCUT2D eigenvalue weighted by molar-refractivity contribution is -0.916. The Labute approximate surface area is 179 Å². The zero-order valence-corrected chi connectivity index (χ0v) is 19.0. The van der Waals surface area contributed by atoms with Crippen LogP contribution in [0.5, 0.6) is 0 Å². The van der Waals surface area contributed by atoms with Gasteiger partial charge in [0.1, 0.15) is 6.54 Å². The molecule has 1 aliphatic carbocycles. The van der Waals surface area contributed by atoms with E-state index in [0.717, 1.165) is 19.4 Å². The topological polar surface area (TPSA) is 70.9 Å². The Morgan fingerprint density at radius 2 is 1.67 bits per heavy atom. The molecule has 2 aromatic rings. The highest BCUT2D eigenvalue weighted by Gasteiger charge is 2.34. The number of carbonyl (C=O) groups is 1. The van der Waals surface area contributed by atoms with Crippen molar-refractivity contribution >= 4 is 21.6 Å². The molecule has 7 heteroatoms. The van der Waals surface area contributed by atoms with Crippen LogP contribution in [0.25, 0.3) is 0 Å². The summed E-state index contributed by atoms with van der Waals surface area (Å²) >= 11 is 0. The van der Waals surface area contributed by atoms with Crippen molar-refractivity contribution in [2.45, 2.75) is 50.1 Å². The molecule has 1 unspecified atom stereocenters. The van der Waals surface area contributed by atoms with Crippen LogP contribution >= 0.6 is 0 Å². The minimum atomic E-state index is -3.47. The molecule has 1 atom stereocenters. The van der Waals surface area contributed by atoms with Gasteiger partial charge in [0.2, 0.25) is 10.0 Å². The molecule has 3 rings (SSSR count). The van der Waals surface area contributed by atoms with Gasteiger partial charge in [0, 0.05) is 38.2 Å². The summed E-state index contributed by atoms with van der Waals surface area (Å²) in [5, 5.41) is 2.90. The summed E-state index contributed by atoms with van der Waals surface area (Å²) < 4.78 is 25.5. The quantitative estimate of drug-likeness (QED) is 0.641. The Balaban J connectivity index is 1.60. The molecule has 162 valence electrons. The molecular formula is C23H32N3O3S+. The first-order valence-corrected chi connectivity index (χ1v) is 11.9. The van der Waals surface area contributed by atoms with Gasteiger partial charge in [-0.2, -0.15) is 0 Å². The van der Waals surface area contributed by atoms with E-state index in [1.165, 1.54) is 46.6 Å². The predicted molar refractivity (Wildman–Crippen MR) is 119 cm³/mol. The van der Waals surface area contributed by atoms with Crippen molar-refractivity contribution in [1.29, 1.82) is 0 Å². The molecule has 1 saturated carbocycles. The van der Waals surface area contributed by atoms with Crippen molar-refractivity contribution in [2.75, 3.05) is 26.0 Å². The van der Waals surface area contributed by atoms with Gasteiger partial charge in [-0.15, -0.1) is 0 Å². The van der Waals surface area contributed by atoms with Gasteiger partial charge in [-0.25, -0.2) is 12.7 Å². The van der Waals surface area contributed by atoms with Gasteiger partial charge in [0.25, 0.3) is 5.91 Å². The summed E-state index contributed by atoms with van der Waals surface area (Å²) in [6, 6.07) is 15.5. The lowest BCUT2D eigenvalue weighted by Gasteiger charge is -2.19. The van der Waals surface area contributed by atoms with E-state index in [-0.39, 0.29) is 10.8 Å². The van der Waals surface area contributed by atoms with Gasteiger partial charge in [0.15, 0.2) is 6.54 Å². The summed E-state index contributed by atoms with van der Waals surface area (Å²) in [7, 11) is -0.477. The first-order valence-electron chi connectivity index (χ1n) is 10.4. The van der Waals surface area contributed by atoms with Crippen LogP contribution < -0.4 is 10.2 Å². The number of carbonyl (C=O) groups excluding carboxylic acids is 1. The number of hydrogen-bond donors (Lipinski definition) is 2. The largest absolute Gasteiger partial charge is 0.321 e. The highest BCUT2D eigenvalue weighted by atomic mass is 32.2. The molecule has 6 nitrogen and oxygen atoms in total. The van der Waals surface area contributed by atoms with Crippen molar-refractivity contribution < 1.29 is 18.1 Å². The van der Waals surface area contributed by atoms with Crippen molar-refractivity contribution in [3.05, 3.63) is 59.7 Å². The molecule has 0 heterocycles. The molecular weight excluding hydrogens is 398 g/mol. The molecule has 0 bridgehead atoms. The molecule has 2 aromatic carbocycles. The summed E-state index contributed by atoms with van der Waals surface area (Å²) in [5.41, 5.74) is 3.17. The van der Waals surface area contributed by atoms with E-state index in [0.29, 0.717) is 24.2 Å². The van der Waals surface area contributed by atoms with Gasteiger partial charge >= 0.3 is 0 Å². The Morgan fingerprint density at radius 1 is 1.07 bits per heavy atom. The minimum Gasteiger partial charge on any atom is -0.321 e. The molecule has 0 spiro atoms. The number of nitrogens with one attached hydrogen (secondary N) is 2. The van der Waals surface area contributed by atoms with Crippen LogP contribution in [-0.2, 0) is 21.4 Å². The molecule has 2 N–H and O–H groups in total. The lowest BCUT2D eigenvalue weighted by atomic mass is 10.0. The Bertz CT molecular complexity index is 964. The van der Waals surface area contributed by atoms with E-state index in [2.05, 4.69) is 43.4 Å². The minimum absolute atomic E-state index is 0.0566. The molecule has 1 fully saturated rings. The van der Waals surface area contributed by atoms with Crippen LogP contribution in [0.3, 0.4) is 0 Å². The second kappa shape index (κ2) is 9.29. The summed E-state index contributed by atoms with van der Waals surface area (Å²) in [5.74, 6) is 0.453.